The van der Waals surface area contributed by atoms with Crippen LogP contribution in [0.2, 0.25) is 0 Å². The molecule has 0 unspecified atom stereocenters. The van der Waals surface area contributed by atoms with Crippen LogP contribution in [0.3, 0.4) is 0 Å². The van der Waals surface area contributed by atoms with Crippen molar-refractivity contribution in [3.8, 4) is 0 Å². The molecule has 2 aromatic carbocycles. The summed E-state index contributed by atoms with van der Waals surface area (Å²) in [6.07, 6.45) is 15.7. The minimum Gasteiger partial charge on any atom is -0.481 e. The van der Waals surface area contributed by atoms with Crippen LogP contribution >= 0.6 is 0 Å². The van der Waals surface area contributed by atoms with Crippen LogP contribution in [0.5, 0.6) is 0 Å². The SMILES string of the molecule is O=C(O)CCCCCCC/C=C\C[C@H](O)CCCCCCc1c(S(=O)(=O)O)ccc2ccccc12. The standard InChI is InChI=1S/C28H40O6S/c29-24(16-9-5-3-1-2-4-6-12-20-28(30)31)17-10-7-8-11-19-26-25-18-14-13-15-23(25)21-22-27(26)35(32,33)34/h5,9,13-15,18,21-22,24,29H,1-4,6-8,10-12,16-17,19-20H2,(H,30,31)(H,32,33,34)/b9-5-/t24-/m0/s1. The largest absolute Gasteiger partial charge is 0.481 e. The molecule has 35 heavy (non-hydrogen) atoms. The van der Waals surface area contributed by atoms with E-state index in [0.29, 0.717) is 18.4 Å². The average molecular weight is 505 g/mol. The van der Waals surface area contributed by atoms with E-state index in [4.69, 9.17) is 5.11 Å². The zero-order valence-corrected chi connectivity index (χ0v) is 21.4. The number of carboxylic acids is 1. The van der Waals surface area contributed by atoms with Crippen LogP contribution in [0.25, 0.3) is 10.8 Å². The monoisotopic (exact) mass is 504 g/mol. The summed E-state index contributed by atoms with van der Waals surface area (Å²) < 4.78 is 33.3. The molecule has 3 N–H and O–H groups in total. The van der Waals surface area contributed by atoms with E-state index in [2.05, 4.69) is 6.08 Å². The second-order valence-corrected chi connectivity index (χ2v) is 10.6. The molecule has 0 amide bonds. The number of carbonyl (C=O) groups is 1. The molecule has 0 bridgehead atoms. The van der Waals surface area contributed by atoms with Crippen molar-refractivity contribution in [1.29, 1.82) is 0 Å². The Hall–Kier alpha value is -2.22. The van der Waals surface area contributed by atoms with Gasteiger partial charge in [-0.3, -0.25) is 9.35 Å². The van der Waals surface area contributed by atoms with Crippen molar-refractivity contribution in [3.63, 3.8) is 0 Å². The smallest absolute Gasteiger partial charge is 0.303 e. The molecule has 2 rings (SSSR count). The highest BCUT2D eigenvalue weighted by molar-refractivity contribution is 7.85. The molecule has 0 aromatic heterocycles. The molecule has 0 aliphatic carbocycles. The molecule has 0 spiro atoms. The number of hydrogen-bond acceptors (Lipinski definition) is 4. The maximum atomic E-state index is 11.8. The highest BCUT2D eigenvalue weighted by Gasteiger charge is 2.17. The van der Waals surface area contributed by atoms with Crippen LogP contribution in [0, 0.1) is 0 Å². The second-order valence-electron chi connectivity index (χ2n) is 9.25. The number of unbranched alkanes of at least 4 members (excludes halogenated alkanes) is 8. The summed E-state index contributed by atoms with van der Waals surface area (Å²) in [4.78, 5) is 10.4. The molecular weight excluding hydrogens is 464 g/mol. The van der Waals surface area contributed by atoms with E-state index in [1.807, 2.05) is 30.3 Å². The number of aliphatic hydroxyl groups excluding tert-OH is 1. The Morgan fingerprint density at radius 1 is 0.857 bits per heavy atom. The topological polar surface area (TPSA) is 112 Å². The number of aryl methyl sites for hydroxylation is 1. The summed E-state index contributed by atoms with van der Waals surface area (Å²) in [6, 6.07) is 10.8. The lowest BCUT2D eigenvalue weighted by Gasteiger charge is -2.12. The summed E-state index contributed by atoms with van der Waals surface area (Å²) in [7, 11) is -4.27. The molecule has 0 heterocycles. The third-order valence-electron chi connectivity index (χ3n) is 6.33. The lowest BCUT2D eigenvalue weighted by Crippen LogP contribution is -2.05. The molecule has 0 aliphatic rings. The Balaban J connectivity index is 1.60. The van der Waals surface area contributed by atoms with Crippen molar-refractivity contribution in [2.75, 3.05) is 0 Å². The third kappa shape index (κ3) is 11.4. The quantitative estimate of drug-likeness (QED) is 0.118. The normalized spacial score (nSPS) is 13.0. The van der Waals surface area contributed by atoms with Crippen LogP contribution in [0.15, 0.2) is 53.4 Å². The van der Waals surface area contributed by atoms with Crippen LogP contribution in [0.1, 0.15) is 89.0 Å². The summed E-state index contributed by atoms with van der Waals surface area (Å²) in [6.45, 7) is 0. The lowest BCUT2D eigenvalue weighted by atomic mass is 9.98. The molecule has 0 aliphatic heterocycles. The van der Waals surface area contributed by atoms with Gasteiger partial charge in [0.05, 0.1) is 11.0 Å². The molecule has 0 radical (unpaired) electrons. The molecular formula is C28H40O6S. The van der Waals surface area contributed by atoms with E-state index in [1.165, 1.54) is 6.07 Å². The van der Waals surface area contributed by atoms with E-state index in [-0.39, 0.29) is 17.4 Å². The summed E-state index contributed by atoms with van der Waals surface area (Å²) in [5.74, 6) is -0.721. The zero-order valence-electron chi connectivity index (χ0n) is 20.6. The number of carboxylic acid groups (broad SMARTS) is 1. The number of benzene rings is 2. The van der Waals surface area contributed by atoms with E-state index in [9.17, 15) is 22.9 Å². The zero-order chi connectivity index (χ0) is 25.5. The fourth-order valence-corrected chi connectivity index (χ4v) is 5.17. The fraction of sp³-hybridized carbons (Fsp3) is 0.536. The van der Waals surface area contributed by atoms with Crippen molar-refractivity contribution in [2.24, 2.45) is 0 Å². The van der Waals surface area contributed by atoms with Gasteiger partial charge in [0.1, 0.15) is 0 Å². The molecule has 2 aromatic rings. The van der Waals surface area contributed by atoms with Gasteiger partial charge in [-0.2, -0.15) is 8.42 Å². The maximum Gasteiger partial charge on any atom is 0.303 e. The van der Waals surface area contributed by atoms with Gasteiger partial charge in [-0.25, -0.2) is 0 Å². The minimum absolute atomic E-state index is 0.00315. The van der Waals surface area contributed by atoms with Crippen molar-refractivity contribution < 1.29 is 28.0 Å². The van der Waals surface area contributed by atoms with Crippen molar-refractivity contribution in [2.45, 2.75) is 101 Å². The highest BCUT2D eigenvalue weighted by atomic mass is 32.2. The van der Waals surface area contributed by atoms with Gasteiger partial charge in [-0.1, -0.05) is 81.0 Å². The summed E-state index contributed by atoms with van der Waals surface area (Å²) in [5.41, 5.74) is 0.677. The third-order valence-corrected chi connectivity index (χ3v) is 7.26. The molecule has 0 fully saturated rings. The molecule has 194 valence electrons. The highest BCUT2D eigenvalue weighted by Crippen LogP contribution is 2.27. The van der Waals surface area contributed by atoms with Crippen LogP contribution < -0.4 is 0 Å². The predicted octanol–water partition coefficient (Wildman–Crippen LogP) is 6.70. The number of aliphatic carboxylic acids is 1. The van der Waals surface area contributed by atoms with Gasteiger partial charge in [0.25, 0.3) is 10.1 Å². The number of rotatable bonds is 18. The first-order valence-corrected chi connectivity index (χ1v) is 14.3. The summed E-state index contributed by atoms with van der Waals surface area (Å²) >= 11 is 0. The predicted molar refractivity (Wildman–Crippen MR) is 140 cm³/mol. The number of aliphatic hydroxyl groups is 1. The molecule has 0 saturated carbocycles. The van der Waals surface area contributed by atoms with E-state index < -0.39 is 16.1 Å². The van der Waals surface area contributed by atoms with Crippen LogP contribution in [0.4, 0.5) is 0 Å². The van der Waals surface area contributed by atoms with Gasteiger partial charge in [-0.05, 0) is 67.3 Å². The number of hydrogen-bond donors (Lipinski definition) is 3. The van der Waals surface area contributed by atoms with Gasteiger partial charge >= 0.3 is 5.97 Å². The van der Waals surface area contributed by atoms with Crippen molar-refractivity contribution in [1.82, 2.24) is 0 Å². The number of fused-ring (bicyclic) bond motifs is 1. The lowest BCUT2D eigenvalue weighted by molar-refractivity contribution is -0.137. The Morgan fingerprint density at radius 2 is 1.54 bits per heavy atom. The van der Waals surface area contributed by atoms with Crippen LogP contribution in [-0.4, -0.2) is 35.3 Å². The second kappa shape index (κ2) is 15.7. The first-order chi connectivity index (χ1) is 16.8. The molecule has 7 heteroatoms. The van der Waals surface area contributed by atoms with E-state index >= 15 is 0 Å². The average Bonchev–Trinajstić information content (AvgIpc) is 2.81. The number of allylic oxidation sites excluding steroid dienone is 1. The maximum absolute atomic E-state index is 11.8. The van der Waals surface area contributed by atoms with E-state index in [1.54, 1.807) is 6.07 Å². The van der Waals surface area contributed by atoms with Gasteiger partial charge in [0, 0.05) is 6.42 Å². The van der Waals surface area contributed by atoms with Crippen molar-refractivity contribution in [3.05, 3.63) is 54.1 Å². The van der Waals surface area contributed by atoms with Crippen LogP contribution in [-0.2, 0) is 21.3 Å². The van der Waals surface area contributed by atoms with Gasteiger partial charge in [0.15, 0.2) is 0 Å². The Labute approximate surface area is 209 Å². The fourth-order valence-electron chi connectivity index (χ4n) is 4.41. The summed E-state index contributed by atoms with van der Waals surface area (Å²) in [5, 5.41) is 20.6. The van der Waals surface area contributed by atoms with Gasteiger partial charge in [-0.15, -0.1) is 0 Å². The Morgan fingerprint density at radius 3 is 2.31 bits per heavy atom. The molecule has 0 saturated heterocycles. The first kappa shape index (κ1) is 29.0. The van der Waals surface area contributed by atoms with E-state index in [0.717, 1.165) is 81.4 Å². The molecule has 1 atom stereocenters. The minimum atomic E-state index is -4.27. The molecule has 6 nitrogen and oxygen atoms in total. The van der Waals surface area contributed by atoms with Gasteiger partial charge in [0.2, 0.25) is 0 Å². The van der Waals surface area contributed by atoms with Crippen molar-refractivity contribution >= 4 is 26.9 Å². The Bertz CT molecular complexity index is 1040. The first-order valence-electron chi connectivity index (χ1n) is 12.8. The van der Waals surface area contributed by atoms with Gasteiger partial charge < -0.3 is 10.2 Å². The Kier molecular flexibility index (Phi) is 13.0.